The maximum absolute atomic E-state index is 5.29. The van der Waals surface area contributed by atoms with Gasteiger partial charge in [0.1, 0.15) is 5.69 Å². The lowest BCUT2D eigenvalue weighted by molar-refractivity contribution is 0.483. The van der Waals surface area contributed by atoms with E-state index in [4.69, 9.17) is 11.5 Å². The largest absolute Gasteiger partial charge is 0.370 e. The van der Waals surface area contributed by atoms with E-state index in [1.54, 1.807) is 0 Å². The van der Waals surface area contributed by atoms with Gasteiger partial charge in [-0.1, -0.05) is 77.9 Å². The fourth-order valence-electron chi connectivity index (χ4n) is 2.71. The third-order valence-corrected chi connectivity index (χ3v) is 4.72. The van der Waals surface area contributed by atoms with Crippen LogP contribution in [0.1, 0.15) is 58.2 Å². The minimum absolute atomic E-state index is 0.135. The van der Waals surface area contributed by atoms with Crippen molar-refractivity contribution in [3.8, 4) is 0 Å². The highest BCUT2D eigenvalue weighted by Crippen LogP contribution is 2.27. The summed E-state index contributed by atoms with van der Waals surface area (Å²) in [5, 5.41) is 0. The second kappa shape index (κ2) is 9.45. The molecular weight excluding hydrogens is 356 g/mol. The van der Waals surface area contributed by atoms with Crippen LogP contribution in [-0.2, 0) is 17.4 Å². The SMILES string of the molecule is CC(C)(C)c1cccc(CN=C(N)N)c1.CC(C)(C)c1cccc([N+](C)(C)C)c1. The van der Waals surface area contributed by atoms with Crippen molar-refractivity contribution in [2.45, 2.75) is 58.9 Å². The van der Waals surface area contributed by atoms with Crippen LogP contribution in [-0.4, -0.2) is 27.1 Å². The first-order chi connectivity index (χ1) is 13.1. The van der Waals surface area contributed by atoms with Gasteiger partial charge in [-0.15, -0.1) is 0 Å². The Labute approximate surface area is 178 Å². The molecule has 0 fully saturated rings. The molecule has 0 saturated carbocycles. The third kappa shape index (κ3) is 8.70. The van der Waals surface area contributed by atoms with E-state index in [9.17, 15) is 0 Å². The molecule has 29 heavy (non-hydrogen) atoms. The van der Waals surface area contributed by atoms with Crippen LogP contribution in [0.15, 0.2) is 53.5 Å². The van der Waals surface area contributed by atoms with Gasteiger partial charge in [-0.2, -0.15) is 0 Å². The fourth-order valence-corrected chi connectivity index (χ4v) is 2.71. The molecule has 0 aliphatic carbocycles. The first-order valence-electron chi connectivity index (χ1n) is 10.2. The van der Waals surface area contributed by atoms with Gasteiger partial charge in [0.05, 0.1) is 27.7 Å². The quantitative estimate of drug-likeness (QED) is 0.438. The van der Waals surface area contributed by atoms with E-state index in [0.717, 1.165) is 10.0 Å². The van der Waals surface area contributed by atoms with Crippen molar-refractivity contribution < 1.29 is 0 Å². The van der Waals surface area contributed by atoms with E-state index in [-0.39, 0.29) is 16.8 Å². The Balaban J connectivity index is 0.000000291. The topological polar surface area (TPSA) is 64.4 Å². The highest BCUT2D eigenvalue weighted by atomic mass is 15.3. The zero-order valence-electron chi connectivity index (χ0n) is 19.9. The fraction of sp³-hybridized carbons (Fsp3) is 0.480. The van der Waals surface area contributed by atoms with E-state index in [1.165, 1.54) is 16.8 Å². The molecule has 0 radical (unpaired) electrons. The number of aliphatic imine (C=N–C) groups is 1. The van der Waals surface area contributed by atoms with Crippen LogP contribution in [0.4, 0.5) is 5.69 Å². The summed E-state index contributed by atoms with van der Waals surface area (Å²) in [5.41, 5.74) is 16.2. The van der Waals surface area contributed by atoms with E-state index in [2.05, 4.69) is 104 Å². The van der Waals surface area contributed by atoms with Crippen LogP contribution < -0.4 is 16.0 Å². The van der Waals surface area contributed by atoms with Gasteiger partial charge in [0, 0.05) is 6.07 Å². The van der Waals surface area contributed by atoms with Gasteiger partial charge < -0.3 is 11.5 Å². The molecule has 4 N–H and O–H groups in total. The van der Waals surface area contributed by atoms with E-state index < -0.39 is 0 Å². The smallest absolute Gasteiger partial charge is 0.186 e. The molecule has 2 rings (SSSR count). The van der Waals surface area contributed by atoms with Crippen LogP contribution in [0, 0.1) is 0 Å². The molecule has 0 saturated heterocycles. The van der Waals surface area contributed by atoms with Crippen molar-refractivity contribution in [3.05, 3.63) is 65.2 Å². The molecule has 160 valence electrons. The molecule has 0 aromatic heterocycles. The number of quaternary nitrogens is 1. The number of rotatable bonds is 3. The molecule has 0 heterocycles. The number of nitrogens with zero attached hydrogens (tertiary/aromatic N) is 2. The first-order valence-corrected chi connectivity index (χ1v) is 10.2. The monoisotopic (exact) mass is 397 g/mol. The second-order valence-electron chi connectivity index (χ2n) is 10.5. The normalized spacial score (nSPS) is 12.0. The van der Waals surface area contributed by atoms with Crippen molar-refractivity contribution in [2.75, 3.05) is 21.1 Å². The Hall–Kier alpha value is -2.33. The molecule has 0 aliphatic heterocycles. The van der Waals surface area contributed by atoms with Gasteiger partial charge in [-0.05, 0) is 33.6 Å². The Kier molecular flexibility index (Phi) is 8.05. The van der Waals surface area contributed by atoms with Crippen LogP contribution in [0.25, 0.3) is 0 Å². The molecule has 0 atom stereocenters. The number of benzene rings is 2. The highest BCUT2D eigenvalue weighted by molar-refractivity contribution is 5.75. The molecule has 4 nitrogen and oxygen atoms in total. The Bertz CT molecular complexity index is 782. The predicted molar refractivity (Wildman–Crippen MR) is 129 cm³/mol. The van der Waals surface area contributed by atoms with Gasteiger partial charge in [0.2, 0.25) is 0 Å². The lowest BCUT2D eigenvalue weighted by Gasteiger charge is -2.26. The highest BCUT2D eigenvalue weighted by Gasteiger charge is 2.18. The maximum Gasteiger partial charge on any atom is 0.186 e. The van der Waals surface area contributed by atoms with Crippen LogP contribution in [0.5, 0.6) is 0 Å². The number of hydrogen-bond donors (Lipinski definition) is 2. The molecule has 2 aromatic rings. The number of nitrogens with two attached hydrogens (primary N) is 2. The molecule has 0 amide bonds. The van der Waals surface area contributed by atoms with Crippen molar-refractivity contribution in [1.29, 1.82) is 0 Å². The van der Waals surface area contributed by atoms with Gasteiger partial charge in [0.25, 0.3) is 0 Å². The van der Waals surface area contributed by atoms with Crippen molar-refractivity contribution in [3.63, 3.8) is 0 Å². The molecular formula is C25H41N4+. The Morgan fingerprint density at radius 1 is 0.793 bits per heavy atom. The summed E-state index contributed by atoms with van der Waals surface area (Å²) in [6.45, 7) is 13.9. The molecule has 2 aromatic carbocycles. The summed E-state index contributed by atoms with van der Waals surface area (Å²) in [4.78, 5) is 3.99. The standard InChI is InChI=1S/C13H22N.C12H19N3/c1-13(2,3)11-8-7-9-12(10-11)14(4,5)6;1-12(2,3)10-6-4-5-9(7-10)8-15-11(13)14/h7-10H,1-6H3;4-7H,8H2,1-3H3,(H4,13,14,15)/q+1;. The molecule has 4 heteroatoms. The van der Waals surface area contributed by atoms with Crippen LogP contribution >= 0.6 is 0 Å². The summed E-state index contributed by atoms with van der Waals surface area (Å²) in [5.74, 6) is 0.135. The third-order valence-electron chi connectivity index (χ3n) is 4.72. The summed E-state index contributed by atoms with van der Waals surface area (Å²) < 4.78 is 0.879. The van der Waals surface area contributed by atoms with Gasteiger partial charge >= 0.3 is 0 Å². The molecule has 0 unspecified atom stereocenters. The van der Waals surface area contributed by atoms with Crippen molar-refractivity contribution >= 4 is 11.6 Å². The van der Waals surface area contributed by atoms with Gasteiger partial charge in [-0.25, -0.2) is 4.99 Å². The molecule has 0 aliphatic rings. The Morgan fingerprint density at radius 3 is 1.72 bits per heavy atom. The van der Waals surface area contributed by atoms with Crippen LogP contribution in [0.2, 0.25) is 0 Å². The minimum Gasteiger partial charge on any atom is -0.370 e. The summed E-state index contributed by atoms with van der Waals surface area (Å²) in [6, 6.07) is 17.2. The maximum atomic E-state index is 5.29. The average molecular weight is 398 g/mol. The minimum atomic E-state index is 0.135. The molecule has 0 bridgehead atoms. The van der Waals surface area contributed by atoms with E-state index >= 15 is 0 Å². The average Bonchev–Trinajstić information content (AvgIpc) is 2.59. The van der Waals surface area contributed by atoms with Crippen LogP contribution in [0.3, 0.4) is 0 Å². The second-order valence-corrected chi connectivity index (χ2v) is 10.5. The summed E-state index contributed by atoms with van der Waals surface area (Å²) in [7, 11) is 6.59. The predicted octanol–water partition coefficient (Wildman–Crippen LogP) is 4.94. The molecule has 0 spiro atoms. The van der Waals surface area contributed by atoms with Crippen molar-refractivity contribution in [2.24, 2.45) is 16.5 Å². The summed E-state index contributed by atoms with van der Waals surface area (Å²) in [6.07, 6.45) is 0. The first kappa shape index (κ1) is 24.7. The number of guanidine groups is 1. The lowest BCUT2D eigenvalue weighted by atomic mass is 9.86. The van der Waals surface area contributed by atoms with Gasteiger partial charge in [-0.3, -0.25) is 4.48 Å². The van der Waals surface area contributed by atoms with E-state index in [1.807, 2.05) is 12.1 Å². The van der Waals surface area contributed by atoms with Gasteiger partial charge in [0.15, 0.2) is 5.96 Å². The number of hydrogen-bond acceptors (Lipinski definition) is 1. The zero-order chi connectivity index (χ0) is 22.5. The van der Waals surface area contributed by atoms with Crippen molar-refractivity contribution in [1.82, 2.24) is 4.48 Å². The summed E-state index contributed by atoms with van der Waals surface area (Å²) >= 11 is 0. The van der Waals surface area contributed by atoms with E-state index in [0.29, 0.717) is 6.54 Å². The lowest BCUT2D eigenvalue weighted by Crippen LogP contribution is -2.35. The Morgan fingerprint density at radius 2 is 1.28 bits per heavy atom. The zero-order valence-corrected chi connectivity index (χ0v) is 19.9.